The van der Waals surface area contributed by atoms with Crippen molar-refractivity contribution in [3.63, 3.8) is 0 Å². The Kier molecular flexibility index (Phi) is 3.04. The van der Waals surface area contributed by atoms with Gasteiger partial charge in [0.05, 0.1) is 16.3 Å². The SMILES string of the molecule is CC1(C)CCCN1c1ccc(C(=O)O)cc1Cl. The highest BCUT2D eigenvalue weighted by Gasteiger charge is 2.33. The number of nitrogens with zero attached hydrogens (tertiary/aromatic N) is 1. The minimum atomic E-state index is -0.945. The third kappa shape index (κ3) is 2.25. The van der Waals surface area contributed by atoms with E-state index in [4.69, 9.17) is 16.7 Å². The topological polar surface area (TPSA) is 40.5 Å². The molecule has 0 unspecified atom stereocenters. The number of carboxylic acid groups (broad SMARTS) is 1. The number of anilines is 1. The Morgan fingerprint density at radius 2 is 2.18 bits per heavy atom. The molecule has 1 aliphatic rings. The smallest absolute Gasteiger partial charge is 0.335 e. The van der Waals surface area contributed by atoms with Gasteiger partial charge in [-0.1, -0.05) is 11.6 Å². The van der Waals surface area contributed by atoms with Crippen molar-refractivity contribution in [2.24, 2.45) is 0 Å². The zero-order chi connectivity index (χ0) is 12.6. The number of rotatable bonds is 2. The van der Waals surface area contributed by atoms with Crippen molar-refractivity contribution in [3.05, 3.63) is 28.8 Å². The van der Waals surface area contributed by atoms with Gasteiger partial charge in [-0.3, -0.25) is 0 Å². The van der Waals surface area contributed by atoms with E-state index in [1.165, 1.54) is 6.07 Å². The largest absolute Gasteiger partial charge is 0.478 e. The molecule has 4 heteroatoms. The summed E-state index contributed by atoms with van der Waals surface area (Å²) >= 11 is 6.18. The maximum Gasteiger partial charge on any atom is 0.335 e. The van der Waals surface area contributed by atoms with E-state index in [1.54, 1.807) is 12.1 Å². The summed E-state index contributed by atoms with van der Waals surface area (Å²) in [6.07, 6.45) is 2.27. The van der Waals surface area contributed by atoms with E-state index >= 15 is 0 Å². The normalized spacial score (nSPS) is 18.4. The third-order valence-corrected chi connectivity index (χ3v) is 3.69. The third-order valence-electron chi connectivity index (χ3n) is 3.39. The lowest BCUT2D eigenvalue weighted by Gasteiger charge is -2.34. The average Bonchev–Trinajstić information content (AvgIpc) is 2.58. The predicted molar refractivity (Wildman–Crippen MR) is 69.1 cm³/mol. The summed E-state index contributed by atoms with van der Waals surface area (Å²) in [4.78, 5) is 13.1. The zero-order valence-electron chi connectivity index (χ0n) is 10.0. The molecule has 1 saturated heterocycles. The highest BCUT2D eigenvalue weighted by atomic mass is 35.5. The van der Waals surface area contributed by atoms with E-state index < -0.39 is 5.97 Å². The van der Waals surface area contributed by atoms with Gasteiger partial charge >= 0.3 is 5.97 Å². The second-order valence-electron chi connectivity index (χ2n) is 5.04. The molecule has 92 valence electrons. The van der Waals surface area contributed by atoms with Crippen LogP contribution in [0.2, 0.25) is 5.02 Å². The Hall–Kier alpha value is -1.22. The molecule has 0 spiro atoms. The Balaban J connectivity index is 2.37. The van der Waals surface area contributed by atoms with Gasteiger partial charge in [0.25, 0.3) is 0 Å². The van der Waals surface area contributed by atoms with Crippen LogP contribution >= 0.6 is 11.6 Å². The van der Waals surface area contributed by atoms with Gasteiger partial charge in [0.2, 0.25) is 0 Å². The Morgan fingerprint density at radius 1 is 1.47 bits per heavy atom. The number of aromatic carboxylic acids is 1. The molecule has 2 rings (SSSR count). The fraction of sp³-hybridized carbons (Fsp3) is 0.462. The summed E-state index contributed by atoms with van der Waals surface area (Å²) in [6.45, 7) is 5.34. The van der Waals surface area contributed by atoms with Gasteiger partial charge in [0.15, 0.2) is 0 Å². The summed E-state index contributed by atoms with van der Waals surface area (Å²) in [6, 6.07) is 4.93. The van der Waals surface area contributed by atoms with Gasteiger partial charge in [-0.25, -0.2) is 4.79 Å². The summed E-state index contributed by atoms with van der Waals surface area (Å²) in [7, 11) is 0. The van der Waals surface area contributed by atoms with Crippen LogP contribution in [0.4, 0.5) is 5.69 Å². The number of benzene rings is 1. The van der Waals surface area contributed by atoms with Gasteiger partial charge < -0.3 is 10.0 Å². The zero-order valence-corrected chi connectivity index (χ0v) is 10.8. The van der Waals surface area contributed by atoms with Crippen LogP contribution in [0.5, 0.6) is 0 Å². The van der Waals surface area contributed by atoms with Crippen molar-refractivity contribution in [3.8, 4) is 0 Å². The van der Waals surface area contributed by atoms with Gasteiger partial charge in [0.1, 0.15) is 0 Å². The molecule has 0 amide bonds. The first-order chi connectivity index (χ1) is 7.92. The van der Waals surface area contributed by atoms with Crippen LogP contribution < -0.4 is 4.90 Å². The van der Waals surface area contributed by atoms with Crippen LogP contribution in [0.3, 0.4) is 0 Å². The first kappa shape index (κ1) is 12.2. The second-order valence-corrected chi connectivity index (χ2v) is 5.45. The Morgan fingerprint density at radius 3 is 2.65 bits per heavy atom. The molecule has 1 fully saturated rings. The van der Waals surface area contributed by atoms with Crippen molar-refractivity contribution >= 4 is 23.3 Å². The number of hydrogen-bond acceptors (Lipinski definition) is 2. The molecular formula is C13H16ClNO2. The molecule has 1 N–H and O–H groups in total. The van der Waals surface area contributed by atoms with Crippen LogP contribution in [0, 0.1) is 0 Å². The summed E-state index contributed by atoms with van der Waals surface area (Å²) < 4.78 is 0. The highest BCUT2D eigenvalue weighted by Crippen LogP contribution is 2.37. The molecule has 1 heterocycles. The first-order valence-corrected chi connectivity index (χ1v) is 6.10. The summed E-state index contributed by atoms with van der Waals surface area (Å²) in [5, 5.41) is 9.41. The quantitative estimate of drug-likeness (QED) is 0.878. The van der Waals surface area contributed by atoms with Crippen LogP contribution in [0.15, 0.2) is 18.2 Å². The maximum absolute atomic E-state index is 10.8. The van der Waals surface area contributed by atoms with Crippen molar-refractivity contribution in [1.29, 1.82) is 0 Å². The molecule has 1 aromatic rings. The summed E-state index contributed by atoms with van der Waals surface area (Å²) in [5.74, 6) is -0.945. The van der Waals surface area contributed by atoms with Crippen LogP contribution in [-0.2, 0) is 0 Å². The van der Waals surface area contributed by atoms with E-state index in [0.29, 0.717) is 5.02 Å². The molecule has 17 heavy (non-hydrogen) atoms. The molecule has 0 radical (unpaired) electrons. The van der Waals surface area contributed by atoms with E-state index in [2.05, 4.69) is 18.7 Å². The number of carbonyl (C=O) groups is 1. The Bertz CT molecular complexity index is 457. The van der Waals surface area contributed by atoms with Crippen molar-refractivity contribution in [1.82, 2.24) is 0 Å². The number of carboxylic acids is 1. The molecule has 0 atom stereocenters. The Labute approximate surface area is 106 Å². The first-order valence-electron chi connectivity index (χ1n) is 5.72. The van der Waals surface area contributed by atoms with Gasteiger partial charge in [-0.15, -0.1) is 0 Å². The highest BCUT2D eigenvalue weighted by molar-refractivity contribution is 6.33. The molecule has 3 nitrogen and oxygen atoms in total. The molecule has 0 aromatic heterocycles. The maximum atomic E-state index is 10.8. The summed E-state index contributed by atoms with van der Waals surface area (Å²) in [5.41, 5.74) is 1.25. The standard InChI is InChI=1S/C13H16ClNO2/c1-13(2)6-3-7-15(13)11-5-4-9(12(16)17)8-10(11)14/h4-5,8H,3,6-7H2,1-2H3,(H,16,17). The number of halogens is 1. The van der Waals surface area contributed by atoms with E-state index in [9.17, 15) is 4.79 Å². The fourth-order valence-electron chi connectivity index (χ4n) is 2.41. The minimum Gasteiger partial charge on any atom is -0.478 e. The van der Waals surface area contributed by atoms with Gasteiger partial charge in [0, 0.05) is 12.1 Å². The van der Waals surface area contributed by atoms with Gasteiger partial charge in [-0.05, 0) is 44.9 Å². The van der Waals surface area contributed by atoms with Crippen molar-refractivity contribution < 1.29 is 9.90 Å². The molecular weight excluding hydrogens is 238 g/mol. The van der Waals surface area contributed by atoms with Crippen LogP contribution in [-0.4, -0.2) is 23.2 Å². The molecule has 1 aromatic carbocycles. The van der Waals surface area contributed by atoms with E-state index in [0.717, 1.165) is 25.1 Å². The molecule has 1 aliphatic heterocycles. The molecule has 0 saturated carbocycles. The lowest BCUT2D eigenvalue weighted by atomic mass is 10.0. The van der Waals surface area contributed by atoms with Crippen molar-refractivity contribution in [2.45, 2.75) is 32.2 Å². The fourth-order valence-corrected chi connectivity index (χ4v) is 2.70. The lowest BCUT2D eigenvalue weighted by Crippen LogP contribution is -2.38. The average molecular weight is 254 g/mol. The van der Waals surface area contributed by atoms with E-state index in [-0.39, 0.29) is 11.1 Å². The number of hydrogen-bond donors (Lipinski definition) is 1. The van der Waals surface area contributed by atoms with Gasteiger partial charge in [-0.2, -0.15) is 0 Å². The molecule has 0 aliphatic carbocycles. The monoisotopic (exact) mass is 253 g/mol. The second kappa shape index (κ2) is 4.22. The van der Waals surface area contributed by atoms with E-state index in [1.807, 2.05) is 0 Å². The predicted octanol–water partition coefficient (Wildman–Crippen LogP) is 3.42. The minimum absolute atomic E-state index is 0.0916. The van der Waals surface area contributed by atoms with Crippen molar-refractivity contribution in [2.75, 3.05) is 11.4 Å². The lowest BCUT2D eigenvalue weighted by molar-refractivity contribution is 0.0697. The molecule has 0 bridgehead atoms. The van der Waals surface area contributed by atoms with Crippen LogP contribution in [0.1, 0.15) is 37.0 Å². The van der Waals surface area contributed by atoms with Crippen LogP contribution in [0.25, 0.3) is 0 Å².